The molecule has 2 heterocycles. The van der Waals surface area contributed by atoms with Gasteiger partial charge in [0.1, 0.15) is 6.04 Å². The van der Waals surface area contributed by atoms with E-state index in [-0.39, 0.29) is 42.6 Å². The maximum Gasteiger partial charge on any atom is 0.326 e. The van der Waals surface area contributed by atoms with Crippen LogP contribution in [0.3, 0.4) is 0 Å². The molecule has 236 valence electrons. The molecule has 1 aromatic carbocycles. The van der Waals surface area contributed by atoms with Gasteiger partial charge in [-0.15, -0.1) is 0 Å². The van der Waals surface area contributed by atoms with Crippen molar-refractivity contribution in [2.45, 2.75) is 25.4 Å². The number of aliphatic carboxylic acids is 1. The maximum atomic E-state index is 12.7. The van der Waals surface area contributed by atoms with Crippen LogP contribution in [0, 0.1) is 0 Å². The van der Waals surface area contributed by atoms with Crippen LogP contribution in [0.2, 0.25) is 0 Å². The van der Waals surface area contributed by atoms with Crippen LogP contribution in [0.1, 0.15) is 28.9 Å². The SMILES string of the molecule is CSCCOCCN/C(=C\N)CNC(=O)CCC(NC(=O)c1ccc(NCc2cnc3nc(N)nc(N)c3n2)cc1)C(=O)O. The van der Waals surface area contributed by atoms with Gasteiger partial charge in [-0.25, -0.2) is 14.8 Å². The zero-order chi connectivity index (χ0) is 31.9. The molecule has 0 aliphatic heterocycles. The Balaban J connectivity index is 1.43. The number of nitrogens with one attached hydrogen (secondary N) is 4. The molecule has 0 aliphatic rings. The summed E-state index contributed by atoms with van der Waals surface area (Å²) < 4.78 is 5.45. The molecule has 1 atom stereocenters. The Morgan fingerprint density at radius 3 is 2.57 bits per heavy atom. The summed E-state index contributed by atoms with van der Waals surface area (Å²) in [5, 5.41) is 21.0. The highest BCUT2D eigenvalue weighted by Gasteiger charge is 2.22. The smallest absolute Gasteiger partial charge is 0.326 e. The van der Waals surface area contributed by atoms with E-state index in [1.807, 2.05) is 6.26 Å². The number of hydrogen-bond acceptors (Lipinski definition) is 14. The number of thioether (sulfide) groups is 1. The van der Waals surface area contributed by atoms with Crippen molar-refractivity contribution >= 4 is 58.2 Å². The lowest BCUT2D eigenvalue weighted by Gasteiger charge is -2.15. The number of carbonyl (C=O) groups excluding carboxylic acids is 2. The Labute approximate surface area is 258 Å². The standard InChI is InChI=1S/C27H37N11O5S/c1-44-11-10-43-9-8-31-18(12-28)13-33-21(39)7-6-20(26(41)42)36-25(40)16-2-4-17(5-3-16)32-14-19-15-34-24-22(35-19)23(29)37-27(30)38-24/h2-5,12,15,20,31-32H,6-11,13-14,28H2,1H3,(H,33,39)(H,36,40)(H,41,42)(H4,29,30,34,37,38)/b18-12-. The van der Waals surface area contributed by atoms with Crippen molar-refractivity contribution in [3.63, 3.8) is 0 Å². The number of carboxylic acids is 1. The molecule has 0 radical (unpaired) electrons. The highest BCUT2D eigenvalue weighted by molar-refractivity contribution is 7.98. The van der Waals surface area contributed by atoms with Crippen molar-refractivity contribution in [2.24, 2.45) is 5.73 Å². The number of nitrogen functional groups attached to an aromatic ring is 2. The van der Waals surface area contributed by atoms with Gasteiger partial charge in [-0.2, -0.15) is 21.7 Å². The van der Waals surface area contributed by atoms with Crippen molar-refractivity contribution in [2.75, 3.05) is 55.1 Å². The second-order valence-electron chi connectivity index (χ2n) is 9.34. The topological polar surface area (TPSA) is 258 Å². The lowest BCUT2D eigenvalue weighted by atomic mass is 10.1. The monoisotopic (exact) mass is 627 g/mol. The minimum absolute atomic E-state index is 0.0109. The molecule has 17 heteroatoms. The lowest BCUT2D eigenvalue weighted by Crippen LogP contribution is -2.42. The molecule has 16 nitrogen and oxygen atoms in total. The average Bonchev–Trinajstić information content (AvgIpc) is 3.01. The zero-order valence-electron chi connectivity index (χ0n) is 24.2. The first-order chi connectivity index (χ1) is 21.2. The number of nitrogens with zero attached hydrogens (tertiary/aromatic N) is 4. The second kappa shape index (κ2) is 17.3. The molecule has 0 aliphatic carbocycles. The Kier molecular flexibility index (Phi) is 13.2. The number of amides is 2. The van der Waals surface area contributed by atoms with E-state index in [4.69, 9.17) is 21.9 Å². The predicted octanol–water partition coefficient (Wildman–Crippen LogP) is 0.0450. The molecule has 0 spiro atoms. The number of benzene rings is 1. The van der Waals surface area contributed by atoms with Crippen LogP contribution in [-0.2, 0) is 20.9 Å². The molecule has 1 unspecified atom stereocenters. The summed E-state index contributed by atoms with van der Waals surface area (Å²) in [5.74, 6) is -1.17. The fourth-order valence-corrected chi connectivity index (χ4v) is 4.05. The molecular formula is C27H37N11O5S. The van der Waals surface area contributed by atoms with Gasteiger partial charge in [-0.1, -0.05) is 0 Å². The average molecular weight is 628 g/mol. The van der Waals surface area contributed by atoms with Crippen molar-refractivity contribution in [1.29, 1.82) is 0 Å². The van der Waals surface area contributed by atoms with Gasteiger partial charge < -0.3 is 48.3 Å². The second-order valence-corrected chi connectivity index (χ2v) is 10.3. The number of carbonyl (C=O) groups is 3. The summed E-state index contributed by atoms with van der Waals surface area (Å²) in [6, 6.07) is 5.16. The highest BCUT2D eigenvalue weighted by Crippen LogP contribution is 2.16. The molecule has 0 fully saturated rings. The quantitative estimate of drug-likeness (QED) is 0.0866. The molecule has 0 saturated heterocycles. The summed E-state index contributed by atoms with van der Waals surface area (Å²) in [6.45, 7) is 2.12. The third-order valence-electron chi connectivity index (χ3n) is 6.09. The van der Waals surface area contributed by atoms with Crippen LogP contribution in [-0.4, -0.2) is 87.2 Å². The van der Waals surface area contributed by atoms with Crippen LogP contribution in [0.15, 0.2) is 42.4 Å². The summed E-state index contributed by atoms with van der Waals surface area (Å²) in [5.41, 5.74) is 19.8. The number of ether oxygens (including phenoxy) is 1. The Morgan fingerprint density at radius 2 is 1.86 bits per heavy atom. The van der Waals surface area contributed by atoms with Crippen LogP contribution < -0.4 is 38.5 Å². The van der Waals surface area contributed by atoms with Gasteiger partial charge in [0.2, 0.25) is 11.9 Å². The van der Waals surface area contributed by atoms with E-state index in [9.17, 15) is 19.5 Å². The minimum Gasteiger partial charge on any atom is -0.480 e. The van der Waals surface area contributed by atoms with Gasteiger partial charge >= 0.3 is 5.97 Å². The Bertz CT molecular complexity index is 1460. The lowest BCUT2D eigenvalue weighted by molar-refractivity contribution is -0.139. The number of nitrogens with two attached hydrogens (primary N) is 3. The molecule has 11 N–H and O–H groups in total. The molecular weight excluding hydrogens is 590 g/mol. The number of hydrogen-bond donors (Lipinski definition) is 8. The predicted molar refractivity (Wildman–Crippen MR) is 168 cm³/mol. The van der Waals surface area contributed by atoms with Gasteiger partial charge in [0.25, 0.3) is 5.91 Å². The van der Waals surface area contributed by atoms with Gasteiger partial charge in [-0.3, -0.25) is 9.59 Å². The van der Waals surface area contributed by atoms with Crippen LogP contribution in [0.25, 0.3) is 11.2 Å². The first-order valence-corrected chi connectivity index (χ1v) is 15.0. The Morgan fingerprint density at radius 1 is 1.09 bits per heavy atom. The first-order valence-electron chi connectivity index (χ1n) is 13.6. The van der Waals surface area contributed by atoms with Crippen LogP contribution in [0.4, 0.5) is 17.5 Å². The van der Waals surface area contributed by atoms with E-state index >= 15 is 0 Å². The molecule has 44 heavy (non-hydrogen) atoms. The third-order valence-corrected chi connectivity index (χ3v) is 6.67. The van der Waals surface area contributed by atoms with E-state index < -0.39 is 17.9 Å². The van der Waals surface area contributed by atoms with Gasteiger partial charge in [-0.05, 0) is 36.9 Å². The van der Waals surface area contributed by atoms with Crippen LogP contribution >= 0.6 is 11.8 Å². The van der Waals surface area contributed by atoms with Gasteiger partial charge in [0.15, 0.2) is 17.0 Å². The van der Waals surface area contributed by atoms with Crippen molar-refractivity contribution < 1.29 is 24.2 Å². The number of rotatable bonds is 18. The molecule has 2 amide bonds. The zero-order valence-corrected chi connectivity index (χ0v) is 25.0. The summed E-state index contributed by atoms with van der Waals surface area (Å²) in [7, 11) is 0. The van der Waals surface area contributed by atoms with E-state index in [0.717, 1.165) is 5.75 Å². The normalized spacial score (nSPS) is 12.0. The summed E-state index contributed by atoms with van der Waals surface area (Å²) >= 11 is 1.70. The number of aromatic nitrogens is 4. The van der Waals surface area contributed by atoms with Crippen molar-refractivity contribution in [1.82, 2.24) is 35.9 Å². The molecule has 0 saturated carbocycles. The third kappa shape index (κ3) is 10.7. The molecule has 3 aromatic rings. The fraction of sp³-hybridized carbons (Fsp3) is 0.370. The Hall–Kier alpha value is -4.90. The molecule has 0 bridgehead atoms. The van der Waals surface area contributed by atoms with E-state index in [1.54, 1.807) is 36.0 Å². The summed E-state index contributed by atoms with van der Waals surface area (Å²) in [4.78, 5) is 53.3. The molecule has 2 aromatic heterocycles. The number of anilines is 3. The largest absolute Gasteiger partial charge is 0.480 e. The van der Waals surface area contributed by atoms with E-state index in [1.165, 1.54) is 12.4 Å². The van der Waals surface area contributed by atoms with Gasteiger partial charge in [0.05, 0.1) is 38.2 Å². The summed E-state index contributed by atoms with van der Waals surface area (Å²) in [6.07, 6.45) is 4.68. The van der Waals surface area contributed by atoms with Gasteiger partial charge in [0, 0.05) is 41.9 Å². The van der Waals surface area contributed by atoms with E-state index in [0.29, 0.717) is 54.5 Å². The number of fused-ring (bicyclic) bond motifs is 1. The fourth-order valence-electron chi connectivity index (χ4n) is 3.77. The minimum atomic E-state index is -1.26. The maximum absolute atomic E-state index is 12.7. The molecule has 3 rings (SSSR count). The van der Waals surface area contributed by atoms with Crippen molar-refractivity contribution in [3.05, 3.63) is 53.6 Å². The van der Waals surface area contributed by atoms with Crippen molar-refractivity contribution in [3.8, 4) is 0 Å². The number of carboxylic acid groups (broad SMARTS) is 1. The van der Waals surface area contributed by atoms with E-state index in [2.05, 4.69) is 41.2 Å². The van der Waals surface area contributed by atoms with Crippen LogP contribution in [0.5, 0.6) is 0 Å². The first kappa shape index (κ1) is 33.6. The highest BCUT2D eigenvalue weighted by atomic mass is 32.2.